The predicted molar refractivity (Wildman–Crippen MR) is 112 cm³/mol. The second-order valence-corrected chi connectivity index (χ2v) is 8.42. The standard InChI is InChI=1S/C21H13NO2.CH4O3S/c23-20-14-6-2-1-5-12(14)9-13-10-17-19(11-16(13)20)22-18-8-4-3-7-15(18)21(17)24;1-5(2,3)4/h1-8,10-11H,9H2,(H,22,24);1H3,(H,2,3,4). The van der Waals surface area contributed by atoms with E-state index in [1.165, 1.54) is 0 Å². The molecule has 6 nitrogen and oxygen atoms in total. The second-order valence-electron chi connectivity index (χ2n) is 6.95. The summed E-state index contributed by atoms with van der Waals surface area (Å²) < 4.78 is 25.9. The maximum atomic E-state index is 12.8. The molecule has 0 saturated heterocycles. The van der Waals surface area contributed by atoms with Crippen molar-refractivity contribution >= 4 is 37.7 Å². The molecule has 0 fully saturated rings. The molecule has 1 heterocycles. The normalized spacial score (nSPS) is 12.8. The zero-order valence-electron chi connectivity index (χ0n) is 15.5. The Labute approximate surface area is 166 Å². The molecule has 1 aliphatic carbocycles. The fourth-order valence-corrected chi connectivity index (χ4v) is 3.62. The van der Waals surface area contributed by atoms with Gasteiger partial charge in [0.1, 0.15) is 0 Å². The van der Waals surface area contributed by atoms with Crippen LogP contribution in [0.1, 0.15) is 27.0 Å². The van der Waals surface area contributed by atoms with Gasteiger partial charge in [-0.25, -0.2) is 0 Å². The topological polar surface area (TPSA) is 104 Å². The van der Waals surface area contributed by atoms with E-state index in [0.29, 0.717) is 34.5 Å². The Balaban J connectivity index is 0.000000369. The van der Waals surface area contributed by atoms with Gasteiger partial charge in [-0.2, -0.15) is 8.42 Å². The van der Waals surface area contributed by atoms with Crippen molar-refractivity contribution in [2.24, 2.45) is 0 Å². The summed E-state index contributed by atoms with van der Waals surface area (Å²) in [5.74, 6) is 0.0303. The highest BCUT2D eigenvalue weighted by Gasteiger charge is 2.24. The molecule has 2 N–H and O–H groups in total. The van der Waals surface area contributed by atoms with Crippen LogP contribution in [0.25, 0.3) is 21.8 Å². The van der Waals surface area contributed by atoms with Crippen LogP contribution in [-0.4, -0.2) is 30.0 Å². The van der Waals surface area contributed by atoms with Crippen molar-refractivity contribution in [3.63, 3.8) is 0 Å². The first-order valence-corrected chi connectivity index (χ1v) is 10.7. The molecule has 0 aliphatic heterocycles. The van der Waals surface area contributed by atoms with Gasteiger partial charge in [0.15, 0.2) is 11.2 Å². The van der Waals surface area contributed by atoms with Crippen molar-refractivity contribution in [3.8, 4) is 0 Å². The minimum atomic E-state index is -3.67. The van der Waals surface area contributed by atoms with Gasteiger partial charge in [-0.1, -0.05) is 36.4 Å². The number of H-pyrrole nitrogens is 1. The Morgan fingerprint density at radius 1 is 0.828 bits per heavy atom. The highest BCUT2D eigenvalue weighted by molar-refractivity contribution is 7.85. The third-order valence-electron chi connectivity index (χ3n) is 4.82. The maximum absolute atomic E-state index is 12.8. The molecule has 29 heavy (non-hydrogen) atoms. The molecule has 1 aliphatic rings. The number of aromatic nitrogens is 1. The van der Waals surface area contributed by atoms with Crippen molar-refractivity contribution in [1.82, 2.24) is 4.98 Å². The zero-order valence-corrected chi connectivity index (χ0v) is 16.3. The van der Waals surface area contributed by atoms with Crippen LogP contribution in [0.5, 0.6) is 0 Å². The molecule has 4 aromatic rings. The van der Waals surface area contributed by atoms with E-state index >= 15 is 0 Å². The van der Waals surface area contributed by atoms with Crippen molar-refractivity contribution in [3.05, 3.63) is 93.1 Å². The number of fused-ring (bicyclic) bond motifs is 4. The average molecular weight is 407 g/mol. The van der Waals surface area contributed by atoms with Crippen LogP contribution in [0.2, 0.25) is 0 Å². The van der Waals surface area contributed by atoms with Crippen molar-refractivity contribution < 1.29 is 17.8 Å². The first-order valence-electron chi connectivity index (χ1n) is 8.85. The summed E-state index contributed by atoms with van der Waals surface area (Å²) in [5.41, 5.74) is 4.90. The zero-order chi connectivity index (χ0) is 20.8. The third-order valence-corrected chi connectivity index (χ3v) is 4.82. The Hall–Kier alpha value is -3.29. The van der Waals surface area contributed by atoms with Gasteiger partial charge in [-0.05, 0) is 41.8 Å². The number of nitrogens with one attached hydrogen (secondary N) is 1. The maximum Gasteiger partial charge on any atom is 0.261 e. The summed E-state index contributed by atoms with van der Waals surface area (Å²) in [5, 5.41) is 1.31. The predicted octanol–water partition coefficient (Wildman–Crippen LogP) is 3.32. The van der Waals surface area contributed by atoms with Crippen molar-refractivity contribution in [2.45, 2.75) is 6.42 Å². The summed E-state index contributed by atoms with van der Waals surface area (Å²) in [6, 6.07) is 18.8. The quantitative estimate of drug-likeness (QED) is 0.303. The molecule has 0 unspecified atom stereocenters. The Morgan fingerprint density at radius 2 is 1.48 bits per heavy atom. The molecule has 1 aromatic heterocycles. The summed E-state index contributed by atoms with van der Waals surface area (Å²) in [6.45, 7) is 0. The lowest BCUT2D eigenvalue weighted by Crippen LogP contribution is -2.16. The molecule has 0 saturated carbocycles. The number of hydrogen-bond acceptors (Lipinski definition) is 4. The lowest BCUT2D eigenvalue weighted by atomic mass is 9.84. The lowest BCUT2D eigenvalue weighted by Gasteiger charge is -2.19. The lowest BCUT2D eigenvalue weighted by molar-refractivity contribution is 0.103. The van der Waals surface area contributed by atoms with Crippen LogP contribution in [0.15, 0.2) is 65.5 Å². The van der Waals surface area contributed by atoms with Crippen LogP contribution in [0, 0.1) is 0 Å². The Kier molecular flexibility index (Phi) is 4.56. The number of pyridine rings is 1. The van der Waals surface area contributed by atoms with Gasteiger partial charge in [0.25, 0.3) is 10.1 Å². The number of benzene rings is 3. The number of carbonyl (C=O) groups excluding carboxylic acids is 1. The third kappa shape index (κ3) is 3.70. The minimum absolute atomic E-state index is 0.00783. The Morgan fingerprint density at radius 3 is 2.24 bits per heavy atom. The van der Waals surface area contributed by atoms with Gasteiger partial charge in [0.2, 0.25) is 0 Å². The van der Waals surface area contributed by atoms with Gasteiger partial charge in [0.05, 0.1) is 11.8 Å². The van der Waals surface area contributed by atoms with E-state index in [0.717, 1.165) is 22.2 Å². The largest absolute Gasteiger partial charge is 0.354 e. The van der Waals surface area contributed by atoms with Crippen LogP contribution in [0.4, 0.5) is 0 Å². The number of ketones is 1. The van der Waals surface area contributed by atoms with Gasteiger partial charge in [0, 0.05) is 27.4 Å². The van der Waals surface area contributed by atoms with E-state index in [1.54, 1.807) is 0 Å². The van der Waals surface area contributed by atoms with Crippen molar-refractivity contribution in [2.75, 3.05) is 6.26 Å². The molecule has 5 rings (SSSR count). The fourth-order valence-electron chi connectivity index (χ4n) is 3.62. The van der Waals surface area contributed by atoms with Crippen LogP contribution in [-0.2, 0) is 16.5 Å². The molecule has 146 valence electrons. The summed E-state index contributed by atoms with van der Waals surface area (Å²) >= 11 is 0. The van der Waals surface area contributed by atoms with E-state index < -0.39 is 10.1 Å². The van der Waals surface area contributed by atoms with Crippen LogP contribution < -0.4 is 5.43 Å². The molecule has 0 bridgehead atoms. The molecule has 3 aromatic carbocycles. The second kappa shape index (κ2) is 6.95. The monoisotopic (exact) mass is 407 g/mol. The van der Waals surface area contributed by atoms with Crippen LogP contribution >= 0.6 is 0 Å². The SMILES string of the molecule is CS(=O)(=O)O.O=C1c2ccccc2Cc2cc3c(=O)c4ccccc4[nH]c3cc21. The van der Waals surface area contributed by atoms with E-state index in [9.17, 15) is 18.0 Å². The number of para-hydroxylation sites is 1. The van der Waals surface area contributed by atoms with E-state index in [-0.39, 0.29) is 11.2 Å². The summed E-state index contributed by atoms with van der Waals surface area (Å²) in [4.78, 5) is 28.9. The molecule has 0 radical (unpaired) electrons. The van der Waals surface area contributed by atoms with Gasteiger partial charge < -0.3 is 4.98 Å². The molecule has 0 spiro atoms. The molecular weight excluding hydrogens is 390 g/mol. The molecular formula is C22H17NO5S. The Bertz CT molecular complexity index is 1440. The first-order chi connectivity index (χ1) is 13.7. The van der Waals surface area contributed by atoms with Gasteiger partial charge in [-0.3, -0.25) is 14.1 Å². The van der Waals surface area contributed by atoms with Crippen molar-refractivity contribution in [1.29, 1.82) is 0 Å². The molecule has 7 heteroatoms. The summed E-state index contributed by atoms with van der Waals surface area (Å²) in [7, 11) is -3.67. The minimum Gasteiger partial charge on any atom is -0.354 e. The number of hydrogen-bond donors (Lipinski definition) is 2. The van der Waals surface area contributed by atoms with E-state index in [2.05, 4.69) is 4.98 Å². The van der Waals surface area contributed by atoms with Gasteiger partial charge in [-0.15, -0.1) is 0 Å². The fraction of sp³-hybridized carbons (Fsp3) is 0.0909. The van der Waals surface area contributed by atoms with E-state index in [1.807, 2.05) is 60.7 Å². The molecule has 0 amide bonds. The highest BCUT2D eigenvalue weighted by atomic mass is 32.2. The molecule has 0 atom stereocenters. The number of rotatable bonds is 0. The smallest absolute Gasteiger partial charge is 0.261 e. The van der Waals surface area contributed by atoms with Gasteiger partial charge >= 0.3 is 0 Å². The summed E-state index contributed by atoms with van der Waals surface area (Å²) in [6.07, 6.45) is 1.40. The average Bonchev–Trinajstić information content (AvgIpc) is 2.67. The number of carbonyl (C=O) groups is 1. The number of aromatic amines is 1. The van der Waals surface area contributed by atoms with E-state index in [4.69, 9.17) is 4.55 Å². The van der Waals surface area contributed by atoms with Crippen LogP contribution in [0.3, 0.4) is 0 Å². The highest BCUT2D eigenvalue weighted by Crippen LogP contribution is 2.29. The first kappa shape index (κ1) is 19.0.